The molecular formula is C17H21N. The molecule has 0 fully saturated rings. The van der Waals surface area contributed by atoms with Crippen LogP contribution in [0, 0.1) is 6.92 Å². The van der Waals surface area contributed by atoms with Crippen LogP contribution in [-0.2, 0) is 19.3 Å². The molecule has 0 aliphatic heterocycles. The van der Waals surface area contributed by atoms with Crippen molar-refractivity contribution in [2.24, 2.45) is 5.73 Å². The maximum atomic E-state index is 5.55. The standard InChI is InChI=1S/C17H21N/c1-14-2-4-15(5-3-14)6-7-16-8-10-17(11-9-16)12-13-18/h2-5,8-11H,6-7,12-13,18H2,1H3. The molecule has 0 radical (unpaired) electrons. The zero-order chi connectivity index (χ0) is 12.8. The summed E-state index contributed by atoms with van der Waals surface area (Å²) < 4.78 is 0. The SMILES string of the molecule is Cc1ccc(CCc2ccc(CCN)cc2)cc1. The van der Waals surface area contributed by atoms with Gasteiger partial charge < -0.3 is 5.73 Å². The first-order valence-electron chi connectivity index (χ1n) is 6.61. The molecule has 2 rings (SSSR count). The van der Waals surface area contributed by atoms with Crippen molar-refractivity contribution in [3.63, 3.8) is 0 Å². The van der Waals surface area contributed by atoms with Gasteiger partial charge in [-0.1, -0.05) is 54.1 Å². The van der Waals surface area contributed by atoms with E-state index in [2.05, 4.69) is 55.5 Å². The number of aryl methyl sites for hydroxylation is 3. The molecule has 0 spiro atoms. The van der Waals surface area contributed by atoms with E-state index in [1.807, 2.05) is 0 Å². The van der Waals surface area contributed by atoms with Gasteiger partial charge in [-0.2, -0.15) is 0 Å². The number of hydrogen-bond acceptors (Lipinski definition) is 1. The van der Waals surface area contributed by atoms with Crippen LogP contribution >= 0.6 is 0 Å². The van der Waals surface area contributed by atoms with Gasteiger partial charge in [0.25, 0.3) is 0 Å². The Morgan fingerprint density at radius 3 is 1.50 bits per heavy atom. The van der Waals surface area contributed by atoms with E-state index < -0.39 is 0 Å². The van der Waals surface area contributed by atoms with Gasteiger partial charge in [0.15, 0.2) is 0 Å². The first kappa shape index (κ1) is 12.8. The molecule has 1 heteroatoms. The minimum Gasteiger partial charge on any atom is -0.330 e. The van der Waals surface area contributed by atoms with Gasteiger partial charge in [0.2, 0.25) is 0 Å². The summed E-state index contributed by atoms with van der Waals surface area (Å²) in [6.45, 7) is 2.85. The topological polar surface area (TPSA) is 26.0 Å². The van der Waals surface area contributed by atoms with Crippen molar-refractivity contribution in [1.29, 1.82) is 0 Å². The summed E-state index contributed by atoms with van der Waals surface area (Å²) in [6, 6.07) is 17.6. The van der Waals surface area contributed by atoms with E-state index in [0.717, 1.165) is 25.8 Å². The fourth-order valence-electron chi connectivity index (χ4n) is 2.08. The Kier molecular flexibility index (Phi) is 4.54. The van der Waals surface area contributed by atoms with Crippen LogP contribution < -0.4 is 5.73 Å². The third kappa shape index (κ3) is 3.71. The van der Waals surface area contributed by atoms with Crippen LogP contribution in [0.5, 0.6) is 0 Å². The predicted molar refractivity (Wildman–Crippen MR) is 77.8 cm³/mol. The second-order valence-corrected chi connectivity index (χ2v) is 4.84. The average molecular weight is 239 g/mol. The van der Waals surface area contributed by atoms with Crippen LogP contribution in [0.15, 0.2) is 48.5 Å². The summed E-state index contributed by atoms with van der Waals surface area (Å²) >= 11 is 0. The molecule has 0 atom stereocenters. The lowest BCUT2D eigenvalue weighted by Gasteiger charge is -2.04. The maximum absolute atomic E-state index is 5.55. The molecule has 18 heavy (non-hydrogen) atoms. The van der Waals surface area contributed by atoms with Crippen molar-refractivity contribution in [3.05, 3.63) is 70.8 Å². The molecule has 0 bridgehead atoms. The molecule has 0 saturated carbocycles. The number of hydrogen-bond donors (Lipinski definition) is 1. The minimum absolute atomic E-state index is 0.725. The normalized spacial score (nSPS) is 10.6. The van der Waals surface area contributed by atoms with E-state index in [1.54, 1.807) is 0 Å². The molecule has 0 unspecified atom stereocenters. The van der Waals surface area contributed by atoms with E-state index in [-0.39, 0.29) is 0 Å². The van der Waals surface area contributed by atoms with Gasteiger partial charge in [-0.25, -0.2) is 0 Å². The molecule has 0 aliphatic carbocycles. The molecule has 0 heterocycles. The summed E-state index contributed by atoms with van der Waals surface area (Å²) in [6.07, 6.45) is 3.18. The van der Waals surface area contributed by atoms with Gasteiger partial charge in [-0.05, 0) is 49.4 Å². The fraction of sp³-hybridized carbons (Fsp3) is 0.294. The molecule has 2 N–H and O–H groups in total. The highest BCUT2D eigenvalue weighted by atomic mass is 14.5. The second-order valence-electron chi connectivity index (χ2n) is 4.84. The summed E-state index contributed by atoms with van der Waals surface area (Å²) in [5.41, 5.74) is 11.0. The van der Waals surface area contributed by atoms with Gasteiger partial charge >= 0.3 is 0 Å². The Hall–Kier alpha value is -1.60. The van der Waals surface area contributed by atoms with Crippen molar-refractivity contribution in [1.82, 2.24) is 0 Å². The Balaban J connectivity index is 1.91. The highest BCUT2D eigenvalue weighted by Crippen LogP contribution is 2.10. The Morgan fingerprint density at radius 2 is 1.06 bits per heavy atom. The number of nitrogens with two attached hydrogens (primary N) is 1. The summed E-state index contributed by atoms with van der Waals surface area (Å²) in [7, 11) is 0. The molecule has 1 nitrogen and oxygen atoms in total. The molecule has 2 aromatic carbocycles. The Morgan fingerprint density at radius 1 is 0.667 bits per heavy atom. The molecule has 2 aromatic rings. The van der Waals surface area contributed by atoms with Gasteiger partial charge in [-0.15, -0.1) is 0 Å². The molecule has 0 amide bonds. The highest BCUT2D eigenvalue weighted by Gasteiger charge is 1.97. The quantitative estimate of drug-likeness (QED) is 0.851. The third-order valence-electron chi connectivity index (χ3n) is 3.28. The Bertz CT molecular complexity index is 468. The van der Waals surface area contributed by atoms with E-state index in [1.165, 1.54) is 22.3 Å². The van der Waals surface area contributed by atoms with Crippen LogP contribution in [-0.4, -0.2) is 6.54 Å². The van der Waals surface area contributed by atoms with Gasteiger partial charge in [-0.3, -0.25) is 0 Å². The first-order chi connectivity index (χ1) is 8.78. The Labute approximate surface area is 110 Å². The highest BCUT2D eigenvalue weighted by molar-refractivity contribution is 5.26. The predicted octanol–water partition coefficient (Wildman–Crippen LogP) is 3.28. The zero-order valence-corrected chi connectivity index (χ0v) is 11.0. The smallest absolute Gasteiger partial charge is 0.00367 e. The number of rotatable bonds is 5. The monoisotopic (exact) mass is 239 g/mol. The summed E-state index contributed by atoms with van der Waals surface area (Å²) in [5.74, 6) is 0. The zero-order valence-electron chi connectivity index (χ0n) is 11.0. The van der Waals surface area contributed by atoms with Gasteiger partial charge in [0, 0.05) is 0 Å². The van der Waals surface area contributed by atoms with Crippen molar-refractivity contribution in [2.75, 3.05) is 6.54 Å². The fourth-order valence-corrected chi connectivity index (χ4v) is 2.08. The largest absolute Gasteiger partial charge is 0.330 e. The number of benzene rings is 2. The van der Waals surface area contributed by atoms with Crippen molar-refractivity contribution < 1.29 is 0 Å². The van der Waals surface area contributed by atoms with E-state index in [4.69, 9.17) is 5.73 Å². The lowest BCUT2D eigenvalue weighted by atomic mass is 10.0. The molecule has 0 aromatic heterocycles. The summed E-state index contributed by atoms with van der Waals surface area (Å²) in [4.78, 5) is 0. The van der Waals surface area contributed by atoms with Crippen LogP contribution in [0.3, 0.4) is 0 Å². The van der Waals surface area contributed by atoms with Crippen molar-refractivity contribution in [2.45, 2.75) is 26.2 Å². The maximum Gasteiger partial charge on any atom is -0.00367 e. The van der Waals surface area contributed by atoms with Crippen LogP contribution in [0.4, 0.5) is 0 Å². The minimum atomic E-state index is 0.725. The average Bonchev–Trinajstić information content (AvgIpc) is 2.40. The van der Waals surface area contributed by atoms with Crippen molar-refractivity contribution >= 4 is 0 Å². The van der Waals surface area contributed by atoms with E-state index in [0.29, 0.717) is 0 Å². The second kappa shape index (κ2) is 6.36. The lowest BCUT2D eigenvalue weighted by Crippen LogP contribution is -2.02. The van der Waals surface area contributed by atoms with E-state index in [9.17, 15) is 0 Å². The molecule has 0 saturated heterocycles. The molecule has 0 aliphatic rings. The van der Waals surface area contributed by atoms with Crippen molar-refractivity contribution in [3.8, 4) is 0 Å². The lowest BCUT2D eigenvalue weighted by molar-refractivity contribution is 0.943. The third-order valence-corrected chi connectivity index (χ3v) is 3.28. The van der Waals surface area contributed by atoms with Gasteiger partial charge in [0.1, 0.15) is 0 Å². The van der Waals surface area contributed by atoms with E-state index >= 15 is 0 Å². The van der Waals surface area contributed by atoms with Crippen LogP contribution in [0.25, 0.3) is 0 Å². The van der Waals surface area contributed by atoms with Crippen LogP contribution in [0.1, 0.15) is 22.3 Å². The summed E-state index contributed by atoms with van der Waals surface area (Å²) in [5, 5.41) is 0. The molecular weight excluding hydrogens is 218 g/mol. The molecule has 94 valence electrons. The first-order valence-corrected chi connectivity index (χ1v) is 6.61. The van der Waals surface area contributed by atoms with Crippen LogP contribution in [0.2, 0.25) is 0 Å². The van der Waals surface area contributed by atoms with Gasteiger partial charge in [0.05, 0.1) is 0 Å².